The third kappa shape index (κ3) is 3.13. The van der Waals surface area contributed by atoms with E-state index < -0.39 is 30.0 Å². The van der Waals surface area contributed by atoms with Crippen molar-refractivity contribution in [2.45, 2.75) is 32.2 Å². The zero-order valence-electron chi connectivity index (χ0n) is 13.2. The van der Waals surface area contributed by atoms with Crippen LogP contribution in [0.15, 0.2) is 24.3 Å². The number of benzene rings is 1. The van der Waals surface area contributed by atoms with Crippen molar-refractivity contribution < 1.29 is 24.2 Å². The lowest BCUT2D eigenvalue weighted by atomic mass is 9.87. The Morgan fingerprint density at radius 2 is 1.91 bits per heavy atom. The van der Waals surface area contributed by atoms with Crippen molar-refractivity contribution in [3.8, 4) is 5.75 Å². The molecule has 7 nitrogen and oxygen atoms in total. The predicted molar refractivity (Wildman–Crippen MR) is 82.1 cm³/mol. The summed E-state index contributed by atoms with van der Waals surface area (Å²) in [6.45, 7) is 3.72. The molecule has 1 aromatic carbocycles. The number of imide groups is 1. The van der Waals surface area contributed by atoms with Crippen LogP contribution < -0.4 is 10.1 Å². The summed E-state index contributed by atoms with van der Waals surface area (Å²) < 4.78 is 5.50. The Morgan fingerprint density at radius 1 is 1.26 bits per heavy atom. The highest BCUT2D eigenvalue weighted by atomic mass is 16.5. The van der Waals surface area contributed by atoms with Crippen molar-refractivity contribution in [2.75, 3.05) is 13.2 Å². The van der Waals surface area contributed by atoms with E-state index in [1.54, 1.807) is 31.2 Å². The molecule has 0 spiro atoms. The molecule has 2 rings (SSSR count). The molecule has 7 heteroatoms. The number of hydrogen-bond donors (Lipinski definition) is 2. The van der Waals surface area contributed by atoms with Gasteiger partial charge < -0.3 is 15.2 Å². The van der Waals surface area contributed by atoms with Gasteiger partial charge in [-0.2, -0.15) is 0 Å². The number of aliphatic carboxylic acids is 1. The molecule has 0 saturated carbocycles. The number of amides is 3. The molecule has 1 fully saturated rings. The van der Waals surface area contributed by atoms with Gasteiger partial charge >= 0.3 is 12.0 Å². The Labute approximate surface area is 134 Å². The Kier molecular flexibility index (Phi) is 4.88. The highest BCUT2D eigenvalue weighted by molar-refractivity contribution is 6.08. The van der Waals surface area contributed by atoms with Crippen LogP contribution >= 0.6 is 0 Å². The van der Waals surface area contributed by atoms with E-state index in [1.165, 1.54) is 0 Å². The van der Waals surface area contributed by atoms with Gasteiger partial charge in [-0.05, 0) is 30.5 Å². The van der Waals surface area contributed by atoms with Gasteiger partial charge in [-0.1, -0.05) is 26.0 Å². The van der Waals surface area contributed by atoms with Crippen molar-refractivity contribution in [1.82, 2.24) is 10.2 Å². The van der Waals surface area contributed by atoms with E-state index in [4.69, 9.17) is 9.84 Å². The number of urea groups is 1. The summed E-state index contributed by atoms with van der Waals surface area (Å²) in [5, 5.41) is 11.5. The molecule has 1 aliphatic heterocycles. The molecular formula is C16H20N2O5. The first kappa shape index (κ1) is 16.8. The Morgan fingerprint density at radius 3 is 2.43 bits per heavy atom. The molecule has 1 aliphatic rings. The van der Waals surface area contributed by atoms with Crippen molar-refractivity contribution in [2.24, 2.45) is 0 Å². The Hall–Kier alpha value is -2.57. The quantitative estimate of drug-likeness (QED) is 0.746. The lowest BCUT2D eigenvalue weighted by molar-refractivity contribution is -0.143. The van der Waals surface area contributed by atoms with E-state index >= 15 is 0 Å². The van der Waals surface area contributed by atoms with Crippen LogP contribution in [0.4, 0.5) is 4.79 Å². The molecule has 1 aromatic rings. The van der Waals surface area contributed by atoms with Gasteiger partial charge in [-0.25, -0.2) is 4.79 Å². The molecule has 0 bridgehead atoms. The minimum absolute atomic E-state index is 0.322. The summed E-state index contributed by atoms with van der Waals surface area (Å²) in [5.74, 6) is -1.10. The Bertz CT molecular complexity index is 613. The van der Waals surface area contributed by atoms with Crippen LogP contribution in [0.5, 0.6) is 5.75 Å². The van der Waals surface area contributed by atoms with E-state index in [9.17, 15) is 14.4 Å². The number of carbonyl (C=O) groups is 3. The summed E-state index contributed by atoms with van der Waals surface area (Å²) in [6.07, 6.45) is 1.21. The van der Waals surface area contributed by atoms with Crippen molar-refractivity contribution in [3.63, 3.8) is 0 Å². The minimum atomic E-state index is -1.23. The maximum absolute atomic E-state index is 12.6. The molecule has 3 amide bonds. The number of hydrogen-bond acceptors (Lipinski definition) is 4. The molecule has 1 unspecified atom stereocenters. The number of carbonyl (C=O) groups excluding carboxylic acids is 2. The van der Waals surface area contributed by atoms with Crippen molar-refractivity contribution in [1.29, 1.82) is 0 Å². The van der Waals surface area contributed by atoms with Crippen LogP contribution in [0, 0.1) is 0 Å². The minimum Gasteiger partial charge on any atom is -0.494 e. The first-order valence-corrected chi connectivity index (χ1v) is 7.53. The van der Waals surface area contributed by atoms with Crippen LogP contribution in [0.1, 0.15) is 32.3 Å². The van der Waals surface area contributed by atoms with Crippen LogP contribution in [-0.4, -0.2) is 41.1 Å². The fraction of sp³-hybridized carbons (Fsp3) is 0.438. The van der Waals surface area contributed by atoms with Crippen LogP contribution in [-0.2, 0) is 15.1 Å². The summed E-state index contributed by atoms with van der Waals surface area (Å²) >= 11 is 0. The second kappa shape index (κ2) is 6.68. The highest BCUT2D eigenvalue weighted by Gasteiger charge is 2.51. The summed E-state index contributed by atoms with van der Waals surface area (Å²) in [4.78, 5) is 36.2. The standard InChI is InChI=1S/C16H20N2O5/c1-3-9-23-12-7-5-11(6-8-12)16(4-2)14(21)18(10-13(19)20)15(22)17-16/h5-8H,3-4,9-10H2,1-2H3,(H,17,22)(H,19,20). The Balaban J connectivity index is 2.29. The lowest BCUT2D eigenvalue weighted by Crippen LogP contribution is -2.43. The maximum atomic E-state index is 12.6. The lowest BCUT2D eigenvalue weighted by Gasteiger charge is -2.25. The van der Waals surface area contributed by atoms with Gasteiger partial charge in [0.25, 0.3) is 5.91 Å². The van der Waals surface area contributed by atoms with Gasteiger partial charge in [-0.15, -0.1) is 0 Å². The van der Waals surface area contributed by atoms with Crippen molar-refractivity contribution >= 4 is 17.9 Å². The predicted octanol–water partition coefficient (Wildman–Crippen LogP) is 1.72. The first-order chi connectivity index (χ1) is 10.9. The largest absolute Gasteiger partial charge is 0.494 e. The zero-order chi connectivity index (χ0) is 17.0. The van der Waals surface area contributed by atoms with Crippen LogP contribution in [0.2, 0.25) is 0 Å². The number of ether oxygens (including phenoxy) is 1. The van der Waals surface area contributed by atoms with E-state index in [2.05, 4.69) is 5.32 Å². The topological polar surface area (TPSA) is 95.9 Å². The molecule has 1 saturated heterocycles. The maximum Gasteiger partial charge on any atom is 0.325 e. The second-order valence-corrected chi connectivity index (χ2v) is 5.35. The summed E-state index contributed by atoms with van der Waals surface area (Å²) in [7, 11) is 0. The number of carboxylic acid groups (broad SMARTS) is 1. The van der Waals surface area contributed by atoms with Gasteiger partial charge in [0.05, 0.1) is 6.61 Å². The fourth-order valence-corrected chi connectivity index (χ4v) is 2.60. The summed E-state index contributed by atoms with van der Waals surface area (Å²) in [5.41, 5.74) is -0.620. The SMILES string of the molecule is CCCOc1ccc(C2(CC)NC(=O)N(CC(=O)O)C2=O)cc1. The third-order valence-electron chi connectivity index (χ3n) is 3.82. The van der Waals surface area contributed by atoms with Gasteiger partial charge in [-0.3, -0.25) is 14.5 Å². The summed E-state index contributed by atoms with van der Waals surface area (Å²) in [6, 6.07) is 6.22. The third-order valence-corrected chi connectivity index (χ3v) is 3.82. The normalized spacial score (nSPS) is 20.5. The highest BCUT2D eigenvalue weighted by Crippen LogP contribution is 2.33. The number of rotatable bonds is 7. The van der Waals surface area contributed by atoms with Crippen LogP contribution in [0.25, 0.3) is 0 Å². The van der Waals surface area contributed by atoms with E-state index in [-0.39, 0.29) is 0 Å². The average Bonchev–Trinajstić information content (AvgIpc) is 2.78. The van der Waals surface area contributed by atoms with E-state index in [1.807, 2.05) is 6.92 Å². The molecule has 1 heterocycles. The molecule has 2 N–H and O–H groups in total. The van der Waals surface area contributed by atoms with Gasteiger partial charge in [0.15, 0.2) is 0 Å². The number of nitrogens with zero attached hydrogens (tertiary/aromatic N) is 1. The number of nitrogens with one attached hydrogen (secondary N) is 1. The molecule has 0 aliphatic carbocycles. The molecule has 124 valence electrons. The second-order valence-electron chi connectivity index (χ2n) is 5.35. The zero-order valence-corrected chi connectivity index (χ0v) is 13.2. The molecule has 1 atom stereocenters. The average molecular weight is 320 g/mol. The molecular weight excluding hydrogens is 300 g/mol. The van der Waals surface area contributed by atoms with Gasteiger partial charge in [0.2, 0.25) is 0 Å². The van der Waals surface area contributed by atoms with Gasteiger partial charge in [0, 0.05) is 0 Å². The van der Waals surface area contributed by atoms with E-state index in [0.29, 0.717) is 24.3 Å². The van der Waals surface area contributed by atoms with E-state index in [0.717, 1.165) is 11.3 Å². The van der Waals surface area contributed by atoms with Crippen molar-refractivity contribution in [3.05, 3.63) is 29.8 Å². The molecule has 0 aromatic heterocycles. The monoisotopic (exact) mass is 320 g/mol. The first-order valence-electron chi connectivity index (χ1n) is 7.53. The molecule has 0 radical (unpaired) electrons. The van der Waals surface area contributed by atoms with Gasteiger partial charge in [0.1, 0.15) is 17.8 Å². The fourth-order valence-electron chi connectivity index (χ4n) is 2.60. The molecule has 23 heavy (non-hydrogen) atoms. The smallest absolute Gasteiger partial charge is 0.325 e. The number of carboxylic acids is 1. The van der Waals surface area contributed by atoms with Crippen LogP contribution in [0.3, 0.4) is 0 Å².